The Labute approximate surface area is 91.3 Å². The van der Waals surface area contributed by atoms with Crippen LogP contribution < -0.4 is 0 Å². The smallest absolute Gasteiger partial charge is 0.303 e. The molecule has 0 amide bonds. The fraction of sp³-hybridized carbons (Fsp3) is 0.300. The molecule has 0 saturated carbocycles. The molecule has 86 valence electrons. The van der Waals surface area contributed by atoms with Gasteiger partial charge in [-0.15, -0.1) is 0 Å². The van der Waals surface area contributed by atoms with Crippen molar-refractivity contribution in [1.29, 1.82) is 0 Å². The molecule has 0 bridgehead atoms. The van der Waals surface area contributed by atoms with Gasteiger partial charge in [0.2, 0.25) is 0 Å². The summed E-state index contributed by atoms with van der Waals surface area (Å²) < 4.78 is 0. The van der Waals surface area contributed by atoms with E-state index in [0.717, 1.165) is 0 Å². The van der Waals surface area contributed by atoms with Gasteiger partial charge in [0.1, 0.15) is 5.75 Å². The summed E-state index contributed by atoms with van der Waals surface area (Å²) >= 11 is 0. The van der Waals surface area contributed by atoms with Gasteiger partial charge in [0, 0.05) is 18.1 Å². The molecular formula is C10H11NO5. The van der Waals surface area contributed by atoms with E-state index in [1.165, 1.54) is 18.2 Å². The fourth-order valence-electron chi connectivity index (χ4n) is 1.38. The van der Waals surface area contributed by atoms with Crippen LogP contribution >= 0.6 is 0 Å². The molecule has 1 rings (SSSR count). The fourth-order valence-corrected chi connectivity index (χ4v) is 1.38. The lowest BCUT2D eigenvalue weighted by molar-refractivity contribution is -0.385. The van der Waals surface area contributed by atoms with Gasteiger partial charge in [-0.3, -0.25) is 14.9 Å². The average Bonchev–Trinajstić information content (AvgIpc) is 2.16. The highest BCUT2D eigenvalue weighted by molar-refractivity contribution is 5.66. The number of nitro groups is 1. The van der Waals surface area contributed by atoms with Crippen molar-refractivity contribution in [3.63, 3.8) is 0 Å². The minimum absolute atomic E-state index is 0.0488. The zero-order valence-corrected chi connectivity index (χ0v) is 8.42. The van der Waals surface area contributed by atoms with Gasteiger partial charge < -0.3 is 10.2 Å². The number of benzene rings is 1. The Bertz CT molecular complexity index is 416. The molecule has 0 heterocycles. The van der Waals surface area contributed by atoms with Gasteiger partial charge in [0.05, 0.1) is 4.92 Å². The van der Waals surface area contributed by atoms with Crippen molar-refractivity contribution in [3.8, 4) is 5.75 Å². The molecular weight excluding hydrogens is 214 g/mol. The number of nitrogens with zero attached hydrogens (tertiary/aromatic N) is 1. The van der Waals surface area contributed by atoms with Crippen molar-refractivity contribution in [1.82, 2.24) is 0 Å². The maximum atomic E-state index is 10.6. The normalized spacial score (nSPS) is 10.0. The van der Waals surface area contributed by atoms with Crippen LogP contribution in [-0.2, 0) is 11.2 Å². The molecule has 0 saturated heterocycles. The zero-order valence-electron chi connectivity index (χ0n) is 8.42. The lowest BCUT2D eigenvalue weighted by atomic mass is 10.1. The number of phenols is 1. The Morgan fingerprint density at radius 3 is 2.69 bits per heavy atom. The first-order valence-corrected chi connectivity index (χ1v) is 4.69. The van der Waals surface area contributed by atoms with Crippen molar-refractivity contribution in [2.24, 2.45) is 0 Å². The van der Waals surface area contributed by atoms with E-state index in [1.807, 2.05) is 0 Å². The minimum atomic E-state index is -0.942. The van der Waals surface area contributed by atoms with E-state index in [4.69, 9.17) is 5.11 Å². The summed E-state index contributed by atoms with van der Waals surface area (Å²) in [5, 5.41) is 28.3. The summed E-state index contributed by atoms with van der Waals surface area (Å²) in [6.45, 7) is 0. The second kappa shape index (κ2) is 5.11. The minimum Gasteiger partial charge on any atom is -0.508 e. The Kier molecular flexibility index (Phi) is 3.82. The van der Waals surface area contributed by atoms with Crippen LogP contribution in [0.4, 0.5) is 5.69 Å². The average molecular weight is 225 g/mol. The molecule has 0 spiro atoms. The van der Waals surface area contributed by atoms with E-state index in [1.54, 1.807) is 0 Å². The van der Waals surface area contributed by atoms with E-state index >= 15 is 0 Å². The number of aliphatic carboxylic acids is 1. The first-order valence-electron chi connectivity index (χ1n) is 4.69. The van der Waals surface area contributed by atoms with Crippen molar-refractivity contribution in [3.05, 3.63) is 33.9 Å². The van der Waals surface area contributed by atoms with Crippen LogP contribution in [0, 0.1) is 10.1 Å². The highest BCUT2D eigenvalue weighted by atomic mass is 16.6. The first kappa shape index (κ1) is 12.0. The van der Waals surface area contributed by atoms with Gasteiger partial charge in [-0.05, 0) is 25.0 Å². The second-order valence-electron chi connectivity index (χ2n) is 3.32. The van der Waals surface area contributed by atoms with Crippen LogP contribution in [0.15, 0.2) is 18.2 Å². The third-order valence-corrected chi connectivity index (χ3v) is 2.10. The van der Waals surface area contributed by atoms with E-state index < -0.39 is 10.9 Å². The maximum Gasteiger partial charge on any atom is 0.303 e. The van der Waals surface area contributed by atoms with Gasteiger partial charge in [-0.1, -0.05) is 0 Å². The summed E-state index contributed by atoms with van der Waals surface area (Å²) in [5.41, 5.74) is 0.259. The summed E-state index contributed by atoms with van der Waals surface area (Å²) in [6.07, 6.45) is 0.517. The Morgan fingerprint density at radius 1 is 1.44 bits per heavy atom. The molecule has 0 aliphatic rings. The van der Waals surface area contributed by atoms with Gasteiger partial charge in [0.15, 0.2) is 0 Å². The van der Waals surface area contributed by atoms with E-state index in [0.29, 0.717) is 12.0 Å². The van der Waals surface area contributed by atoms with Crippen molar-refractivity contribution in [2.45, 2.75) is 19.3 Å². The van der Waals surface area contributed by atoms with E-state index in [2.05, 4.69) is 0 Å². The molecule has 0 aromatic heterocycles. The Hall–Kier alpha value is -2.11. The van der Waals surface area contributed by atoms with Crippen LogP contribution in [-0.4, -0.2) is 21.1 Å². The molecule has 16 heavy (non-hydrogen) atoms. The summed E-state index contributed by atoms with van der Waals surface area (Å²) in [5.74, 6) is -1.00. The van der Waals surface area contributed by atoms with Gasteiger partial charge >= 0.3 is 5.97 Å². The largest absolute Gasteiger partial charge is 0.508 e. The van der Waals surface area contributed by atoms with Gasteiger partial charge in [0.25, 0.3) is 5.69 Å². The molecule has 2 N–H and O–H groups in total. The SMILES string of the molecule is O=C(O)CCCc1cc(O)ccc1[N+](=O)[O-]. The van der Waals surface area contributed by atoms with Gasteiger partial charge in [-0.25, -0.2) is 0 Å². The third-order valence-electron chi connectivity index (χ3n) is 2.10. The molecule has 0 radical (unpaired) electrons. The quantitative estimate of drug-likeness (QED) is 0.586. The third kappa shape index (κ3) is 3.23. The summed E-state index contributed by atoms with van der Waals surface area (Å²) in [6, 6.07) is 3.74. The molecule has 0 aliphatic carbocycles. The molecule has 6 nitrogen and oxygen atoms in total. The van der Waals surface area contributed by atoms with E-state index in [-0.39, 0.29) is 24.3 Å². The van der Waals surface area contributed by atoms with Gasteiger partial charge in [-0.2, -0.15) is 0 Å². The van der Waals surface area contributed by atoms with Crippen molar-refractivity contribution >= 4 is 11.7 Å². The number of nitro benzene ring substituents is 1. The molecule has 1 aromatic carbocycles. The highest BCUT2D eigenvalue weighted by Gasteiger charge is 2.13. The second-order valence-corrected chi connectivity index (χ2v) is 3.32. The number of phenolic OH excluding ortho intramolecular Hbond substituents is 1. The van der Waals surface area contributed by atoms with Crippen LogP contribution in [0.2, 0.25) is 0 Å². The molecule has 0 fully saturated rings. The predicted molar refractivity (Wildman–Crippen MR) is 55.3 cm³/mol. The molecule has 0 aliphatic heterocycles. The van der Waals surface area contributed by atoms with Crippen LogP contribution in [0.25, 0.3) is 0 Å². The number of hydrogen-bond donors (Lipinski definition) is 2. The predicted octanol–water partition coefficient (Wildman–Crippen LogP) is 1.71. The zero-order chi connectivity index (χ0) is 12.1. The number of carboxylic acid groups (broad SMARTS) is 1. The Morgan fingerprint density at radius 2 is 2.12 bits per heavy atom. The molecule has 0 unspecified atom stereocenters. The Balaban J connectivity index is 2.80. The lowest BCUT2D eigenvalue weighted by Crippen LogP contribution is -1.99. The molecule has 0 atom stereocenters. The standard InChI is InChI=1S/C10H11NO5/c12-8-4-5-9(11(15)16)7(6-8)2-1-3-10(13)14/h4-6,12H,1-3H2,(H,13,14). The molecule has 6 heteroatoms. The monoisotopic (exact) mass is 225 g/mol. The topological polar surface area (TPSA) is 101 Å². The van der Waals surface area contributed by atoms with Crippen molar-refractivity contribution in [2.75, 3.05) is 0 Å². The maximum absolute atomic E-state index is 10.6. The van der Waals surface area contributed by atoms with E-state index in [9.17, 15) is 20.0 Å². The summed E-state index contributed by atoms with van der Waals surface area (Å²) in [4.78, 5) is 20.4. The van der Waals surface area contributed by atoms with Crippen LogP contribution in [0.1, 0.15) is 18.4 Å². The first-order chi connectivity index (χ1) is 7.50. The molecule has 1 aromatic rings. The highest BCUT2D eigenvalue weighted by Crippen LogP contribution is 2.24. The summed E-state index contributed by atoms with van der Waals surface area (Å²) in [7, 11) is 0. The number of carbonyl (C=O) groups is 1. The number of hydrogen-bond acceptors (Lipinski definition) is 4. The number of rotatable bonds is 5. The van der Waals surface area contributed by atoms with Crippen LogP contribution in [0.3, 0.4) is 0 Å². The number of carboxylic acids is 1. The van der Waals surface area contributed by atoms with Crippen LogP contribution in [0.5, 0.6) is 5.75 Å². The number of aromatic hydroxyl groups is 1. The van der Waals surface area contributed by atoms with Crippen molar-refractivity contribution < 1.29 is 19.9 Å². The lowest BCUT2D eigenvalue weighted by Gasteiger charge is -2.02. The number of aryl methyl sites for hydroxylation is 1.